The molecular weight excluding hydrogens is 320 g/mol. The molecule has 1 fully saturated rings. The Balaban J connectivity index is 2.52. The van der Waals surface area contributed by atoms with Gasteiger partial charge in [-0.3, -0.25) is 0 Å². The van der Waals surface area contributed by atoms with E-state index in [1.54, 1.807) is 13.8 Å². The third-order valence-corrected chi connectivity index (χ3v) is 6.43. The summed E-state index contributed by atoms with van der Waals surface area (Å²) in [5, 5.41) is 9.81. The SMILES string of the molecule is C=C(C)C1CCCC1(C)CCC(CCCCC(C)C)CCOC(C)(C)O. The van der Waals surface area contributed by atoms with Gasteiger partial charge >= 0.3 is 0 Å². The monoisotopic (exact) mass is 366 g/mol. The molecule has 1 N–H and O–H groups in total. The number of ether oxygens (including phenoxy) is 1. The molecular formula is C24H46O2. The topological polar surface area (TPSA) is 29.5 Å². The van der Waals surface area contributed by atoms with Gasteiger partial charge < -0.3 is 9.84 Å². The first-order chi connectivity index (χ1) is 12.0. The first-order valence-electron chi connectivity index (χ1n) is 11.1. The van der Waals surface area contributed by atoms with Gasteiger partial charge in [-0.15, -0.1) is 0 Å². The zero-order chi connectivity index (χ0) is 19.8. The summed E-state index contributed by atoms with van der Waals surface area (Å²) in [5.74, 6) is 1.22. The molecule has 0 radical (unpaired) electrons. The summed E-state index contributed by atoms with van der Waals surface area (Å²) in [6.07, 6.45) is 13.0. The first kappa shape index (κ1) is 23.7. The summed E-state index contributed by atoms with van der Waals surface area (Å²) in [5.41, 5.74) is 1.82. The van der Waals surface area contributed by atoms with Crippen LogP contribution in [-0.2, 0) is 4.74 Å². The van der Waals surface area contributed by atoms with E-state index in [0.29, 0.717) is 23.9 Å². The van der Waals surface area contributed by atoms with Gasteiger partial charge in [-0.2, -0.15) is 0 Å². The molecule has 0 aromatic heterocycles. The molecule has 1 aliphatic carbocycles. The van der Waals surface area contributed by atoms with Gasteiger partial charge in [0.2, 0.25) is 0 Å². The summed E-state index contributed by atoms with van der Waals surface area (Å²) >= 11 is 0. The van der Waals surface area contributed by atoms with E-state index in [9.17, 15) is 5.11 Å². The molecule has 1 rings (SSSR count). The van der Waals surface area contributed by atoms with Gasteiger partial charge in [0.25, 0.3) is 0 Å². The lowest BCUT2D eigenvalue weighted by Gasteiger charge is -2.34. The third-order valence-electron chi connectivity index (χ3n) is 6.43. The van der Waals surface area contributed by atoms with E-state index in [0.717, 1.165) is 12.3 Å². The minimum absolute atomic E-state index is 0.444. The summed E-state index contributed by atoms with van der Waals surface area (Å²) < 4.78 is 5.60. The predicted octanol–water partition coefficient (Wildman–Crippen LogP) is 7.12. The lowest BCUT2D eigenvalue weighted by molar-refractivity contribution is -0.178. The van der Waals surface area contributed by atoms with Crippen molar-refractivity contribution in [2.75, 3.05) is 6.61 Å². The zero-order valence-electron chi connectivity index (χ0n) is 18.6. The average molecular weight is 367 g/mol. The van der Waals surface area contributed by atoms with Crippen LogP contribution < -0.4 is 0 Å². The molecule has 3 unspecified atom stereocenters. The molecule has 0 saturated heterocycles. The van der Waals surface area contributed by atoms with Crippen molar-refractivity contribution in [1.82, 2.24) is 0 Å². The lowest BCUT2D eigenvalue weighted by Crippen LogP contribution is -2.26. The lowest BCUT2D eigenvalue weighted by atomic mass is 9.71. The fraction of sp³-hybridized carbons (Fsp3) is 0.917. The minimum atomic E-state index is -1.01. The van der Waals surface area contributed by atoms with Gasteiger partial charge in [0.1, 0.15) is 0 Å². The Morgan fingerprint density at radius 2 is 1.85 bits per heavy atom. The van der Waals surface area contributed by atoms with Crippen molar-refractivity contribution in [2.24, 2.45) is 23.2 Å². The van der Waals surface area contributed by atoms with Crippen LogP contribution in [0.4, 0.5) is 0 Å². The summed E-state index contributed by atoms with van der Waals surface area (Å²) in [6.45, 7) is 17.7. The van der Waals surface area contributed by atoms with Crippen LogP contribution in [-0.4, -0.2) is 17.5 Å². The number of hydrogen-bond acceptors (Lipinski definition) is 2. The van der Waals surface area contributed by atoms with E-state index in [4.69, 9.17) is 4.74 Å². The van der Waals surface area contributed by atoms with Crippen LogP contribution in [0.1, 0.15) is 106 Å². The molecule has 0 amide bonds. The molecule has 154 valence electrons. The first-order valence-corrected chi connectivity index (χ1v) is 11.1. The summed E-state index contributed by atoms with van der Waals surface area (Å²) in [6, 6.07) is 0. The smallest absolute Gasteiger partial charge is 0.159 e. The van der Waals surface area contributed by atoms with Gasteiger partial charge in [0.15, 0.2) is 5.79 Å². The Hall–Kier alpha value is -0.340. The van der Waals surface area contributed by atoms with Gasteiger partial charge in [0, 0.05) is 0 Å². The molecule has 0 aromatic rings. The molecule has 1 aliphatic rings. The van der Waals surface area contributed by atoms with Crippen molar-refractivity contribution in [3.05, 3.63) is 12.2 Å². The summed E-state index contributed by atoms with van der Waals surface area (Å²) in [7, 11) is 0. The second-order valence-corrected chi connectivity index (χ2v) is 10.1. The van der Waals surface area contributed by atoms with Gasteiger partial charge in [-0.1, -0.05) is 65.0 Å². The molecule has 2 nitrogen and oxygen atoms in total. The molecule has 26 heavy (non-hydrogen) atoms. The second-order valence-electron chi connectivity index (χ2n) is 10.1. The largest absolute Gasteiger partial charge is 0.366 e. The van der Waals surface area contributed by atoms with E-state index >= 15 is 0 Å². The van der Waals surface area contributed by atoms with Crippen LogP contribution in [0.5, 0.6) is 0 Å². The van der Waals surface area contributed by atoms with Crippen molar-refractivity contribution in [1.29, 1.82) is 0 Å². The Bertz CT molecular complexity index is 407. The van der Waals surface area contributed by atoms with E-state index in [2.05, 4.69) is 34.3 Å². The average Bonchev–Trinajstić information content (AvgIpc) is 2.89. The number of rotatable bonds is 13. The van der Waals surface area contributed by atoms with Crippen molar-refractivity contribution in [2.45, 2.75) is 112 Å². The van der Waals surface area contributed by atoms with Crippen molar-refractivity contribution in [3.8, 4) is 0 Å². The highest BCUT2D eigenvalue weighted by molar-refractivity contribution is 5.06. The zero-order valence-corrected chi connectivity index (χ0v) is 18.6. The van der Waals surface area contributed by atoms with E-state index < -0.39 is 5.79 Å². The highest BCUT2D eigenvalue weighted by Gasteiger charge is 2.38. The Morgan fingerprint density at radius 3 is 2.42 bits per heavy atom. The van der Waals surface area contributed by atoms with Gasteiger partial charge in [-0.25, -0.2) is 0 Å². The maximum atomic E-state index is 9.81. The van der Waals surface area contributed by atoms with Crippen molar-refractivity contribution in [3.63, 3.8) is 0 Å². The standard InChI is InChI=1S/C24H46O2/c1-19(2)11-8-9-12-21(15-18-26-23(5,6)25)14-17-24(7)16-10-13-22(24)20(3)4/h19,21-22,25H,3,8-18H2,1-2,4-7H3. The number of aliphatic hydroxyl groups is 1. The minimum Gasteiger partial charge on any atom is -0.366 e. The molecule has 1 saturated carbocycles. The Kier molecular flexibility index (Phi) is 9.90. The number of allylic oxidation sites excluding steroid dienone is 1. The van der Waals surface area contributed by atoms with E-state index in [1.807, 2.05) is 0 Å². The van der Waals surface area contributed by atoms with Gasteiger partial charge in [-0.05, 0) is 76.0 Å². The highest BCUT2D eigenvalue weighted by atomic mass is 16.6. The molecule has 0 aromatic carbocycles. The van der Waals surface area contributed by atoms with Crippen molar-refractivity contribution >= 4 is 0 Å². The fourth-order valence-electron chi connectivity index (χ4n) is 4.80. The quantitative estimate of drug-likeness (QED) is 0.214. The molecule has 0 bridgehead atoms. The Morgan fingerprint density at radius 1 is 1.19 bits per heavy atom. The Labute approximate surface area is 163 Å². The van der Waals surface area contributed by atoms with Crippen molar-refractivity contribution < 1.29 is 9.84 Å². The van der Waals surface area contributed by atoms with Gasteiger partial charge in [0.05, 0.1) is 6.61 Å². The molecule has 3 atom stereocenters. The normalized spacial score (nSPS) is 25.0. The second kappa shape index (κ2) is 10.9. The maximum Gasteiger partial charge on any atom is 0.159 e. The summed E-state index contributed by atoms with van der Waals surface area (Å²) in [4.78, 5) is 0. The van der Waals surface area contributed by atoms with Crippen LogP contribution in [0.2, 0.25) is 0 Å². The molecule has 0 aliphatic heterocycles. The van der Waals surface area contributed by atoms with Crippen LogP contribution in [0.3, 0.4) is 0 Å². The van der Waals surface area contributed by atoms with Crippen LogP contribution >= 0.6 is 0 Å². The third kappa shape index (κ3) is 9.04. The molecule has 2 heteroatoms. The van der Waals surface area contributed by atoms with Crippen LogP contribution in [0.25, 0.3) is 0 Å². The number of unbranched alkanes of at least 4 members (excludes halogenated alkanes) is 1. The maximum absolute atomic E-state index is 9.81. The molecule has 0 spiro atoms. The fourth-order valence-corrected chi connectivity index (χ4v) is 4.80. The highest BCUT2D eigenvalue weighted by Crippen LogP contribution is 2.50. The van der Waals surface area contributed by atoms with E-state index in [1.165, 1.54) is 63.4 Å². The van der Waals surface area contributed by atoms with E-state index in [-0.39, 0.29) is 0 Å². The van der Waals surface area contributed by atoms with Crippen LogP contribution in [0.15, 0.2) is 12.2 Å². The van der Waals surface area contributed by atoms with Crippen LogP contribution in [0, 0.1) is 23.2 Å². The number of hydrogen-bond donors (Lipinski definition) is 1. The molecule has 0 heterocycles. The predicted molar refractivity (Wildman–Crippen MR) is 113 cm³/mol.